The number of ether oxygens (including phenoxy) is 1. The molecule has 0 bridgehead atoms. The molecule has 0 fully saturated rings. The predicted molar refractivity (Wildman–Crippen MR) is 118 cm³/mol. The van der Waals surface area contributed by atoms with Crippen molar-refractivity contribution < 1.29 is 31.1 Å². The van der Waals surface area contributed by atoms with Crippen LogP contribution in [-0.2, 0) is 16.7 Å². The highest BCUT2D eigenvalue weighted by Crippen LogP contribution is 2.38. The zero-order chi connectivity index (χ0) is 22.2. The van der Waals surface area contributed by atoms with Crippen molar-refractivity contribution in [3.8, 4) is 5.75 Å². The fourth-order valence-electron chi connectivity index (χ4n) is 3.39. The third-order valence-electron chi connectivity index (χ3n) is 4.75. The van der Waals surface area contributed by atoms with Gasteiger partial charge in [-0.1, -0.05) is 11.3 Å². The molecule has 0 aliphatic carbocycles. The Morgan fingerprint density at radius 1 is 1.19 bits per heavy atom. The van der Waals surface area contributed by atoms with Crippen LogP contribution in [0.5, 0.6) is 5.75 Å². The second-order valence-electron chi connectivity index (χ2n) is 6.80. The van der Waals surface area contributed by atoms with Crippen LogP contribution in [0.2, 0.25) is 0 Å². The molecule has 0 aliphatic rings. The summed E-state index contributed by atoms with van der Waals surface area (Å²) in [4.78, 5) is 0. The van der Waals surface area contributed by atoms with Gasteiger partial charge in [-0.3, -0.25) is 0 Å². The van der Waals surface area contributed by atoms with Gasteiger partial charge in [0.15, 0.2) is 6.54 Å². The van der Waals surface area contributed by atoms with Gasteiger partial charge < -0.3 is 9.29 Å². The standard InChI is InChI=1S/C21H17F2NO4S3/c1-28-17-12-18-20(21-15(17)7-9-29-21)24(8-2-10-31(25,26)27)19(30-18)6-3-13-11-14(22)4-5-16(13)23/h3-7,9,11-12H,2,8,10H2,1H3/b6-3+. The molecule has 0 atom stereocenters. The summed E-state index contributed by atoms with van der Waals surface area (Å²) >= 11 is 2.94. The molecule has 2 aromatic carbocycles. The maximum absolute atomic E-state index is 14.0. The van der Waals surface area contributed by atoms with Crippen molar-refractivity contribution >= 4 is 65.2 Å². The molecular weight excluding hydrogens is 464 g/mol. The first-order valence-electron chi connectivity index (χ1n) is 9.24. The third-order valence-corrected chi connectivity index (χ3v) is 7.56. The summed E-state index contributed by atoms with van der Waals surface area (Å²) in [6.07, 6.45) is 3.28. The Kier molecular flexibility index (Phi) is 6.07. The second-order valence-corrected chi connectivity index (χ2v) is 10.3. The largest absolute Gasteiger partial charge is 0.748 e. The van der Waals surface area contributed by atoms with E-state index in [1.807, 2.05) is 22.1 Å². The molecule has 0 amide bonds. The van der Waals surface area contributed by atoms with Crippen LogP contribution in [0.4, 0.5) is 8.78 Å². The van der Waals surface area contributed by atoms with Crippen molar-refractivity contribution in [2.75, 3.05) is 12.9 Å². The first-order chi connectivity index (χ1) is 14.8. The Morgan fingerprint density at radius 3 is 2.74 bits per heavy atom. The molecule has 4 aromatic rings. The molecule has 0 radical (unpaired) electrons. The van der Waals surface area contributed by atoms with Gasteiger partial charge >= 0.3 is 0 Å². The van der Waals surface area contributed by atoms with E-state index in [1.54, 1.807) is 13.2 Å². The first kappa shape index (κ1) is 21.8. The van der Waals surface area contributed by atoms with Crippen molar-refractivity contribution in [1.82, 2.24) is 0 Å². The smallest absolute Gasteiger partial charge is 0.262 e. The molecule has 0 N–H and O–H groups in total. The summed E-state index contributed by atoms with van der Waals surface area (Å²) in [6, 6.07) is 7.06. The van der Waals surface area contributed by atoms with Gasteiger partial charge in [0.2, 0.25) is 5.52 Å². The van der Waals surface area contributed by atoms with E-state index in [4.69, 9.17) is 4.74 Å². The number of thiazole rings is 1. The van der Waals surface area contributed by atoms with E-state index in [2.05, 4.69) is 0 Å². The minimum atomic E-state index is -4.34. The number of hydrogen-bond donors (Lipinski definition) is 0. The summed E-state index contributed by atoms with van der Waals surface area (Å²) in [6.45, 7) is 0.284. The molecule has 162 valence electrons. The number of methoxy groups -OCH3 is 1. The van der Waals surface area contributed by atoms with Crippen LogP contribution >= 0.6 is 22.7 Å². The molecule has 0 saturated carbocycles. The summed E-state index contributed by atoms with van der Waals surface area (Å²) in [5.74, 6) is -0.866. The fraction of sp³-hybridized carbons (Fsp3) is 0.190. The summed E-state index contributed by atoms with van der Waals surface area (Å²) in [5, 5.41) is 3.58. The van der Waals surface area contributed by atoms with E-state index >= 15 is 0 Å². The highest BCUT2D eigenvalue weighted by Gasteiger charge is 2.24. The van der Waals surface area contributed by atoms with Gasteiger partial charge in [-0.05, 0) is 35.7 Å². The first-order valence-corrected chi connectivity index (χ1v) is 12.5. The molecule has 10 heteroatoms. The fourth-order valence-corrected chi connectivity index (χ4v) is 6.04. The molecule has 0 aliphatic heterocycles. The third kappa shape index (κ3) is 4.62. The van der Waals surface area contributed by atoms with Crippen LogP contribution in [0.1, 0.15) is 17.0 Å². The van der Waals surface area contributed by atoms with Crippen LogP contribution in [0.25, 0.3) is 32.5 Å². The van der Waals surface area contributed by atoms with Crippen LogP contribution in [0.3, 0.4) is 0 Å². The number of thiophene rings is 1. The van der Waals surface area contributed by atoms with Crippen LogP contribution in [0, 0.1) is 11.6 Å². The lowest BCUT2D eigenvalue weighted by atomic mass is 10.2. The Labute approximate surface area is 185 Å². The zero-order valence-corrected chi connectivity index (χ0v) is 18.8. The van der Waals surface area contributed by atoms with Crippen molar-refractivity contribution in [2.24, 2.45) is 0 Å². The number of aromatic nitrogens is 1. The van der Waals surface area contributed by atoms with Crippen molar-refractivity contribution in [3.63, 3.8) is 0 Å². The topological polar surface area (TPSA) is 70.3 Å². The predicted octanol–water partition coefficient (Wildman–Crippen LogP) is 4.80. The Bertz CT molecular complexity index is 1410. The molecule has 2 heterocycles. The normalized spacial score (nSPS) is 12.4. The van der Waals surface area contributed by atoms with Gasteiger partial charge in [0.1, 0.15) is 26.8 Å². The number of aryl methyl sites for hydroxylation is 1. The van der Waals surface area contributed by atoms with Crippen LogP contribution in [0.15, 0.2) is 35.7 Å². The molecule has 0 spiro atoms. The van der Waals surface area contributed by atoms with E-state index in [1.165, 1.54) is 28.7 Å². The number of hydrogen-bond acceptors (Lipinski definition) is 6. The molecule has 0 unspecified atom stereocenters. The zero-order valence-electron chi connectivity index (χ0n) is 16.3. The lowest BCUT2D eigenvalue weighted by Gasteiger charge is -2.05. The van der Waals surface area contributed by atoms with E-state index in [-0.39, 0.29) is 18.5 Å². The van der Waals surface area contributed by atoms with Crippen molar-refractivity contribution in [2.45, 2.75) is 13.0 Å². The lowest BCUT2D eigenvalue weighted by Crippen LogP contribution is -2.36. The van der Waals surface area contributed by atoms with Gasteiger partial charge in [-0.25, -0.2) is 17.2 Å². The maximum atomic E-state index is 14.0. The van der Waals surface area contributed by atoms with Gasteiger partial charge in [-0.2, -0.15) is 4.57 Å². The van der Waals surface area contributed by atoms with E-state index in [0.29, 0.717) is 10.8 Å². The average molecular weight is 482 g/mol. The monoisotopic (exact) mass is 481 g/mol. The highest BCUT2D eigenvalue weighted by molar-refractivity contribution is 7.85. The Morgan fingerprint density at radius 2 is 2.00 bits per heavy atom. The molecule has 5 nitrogen and oxygen atoms in total. The number of benzene rings is 2. The van der Waals surface area contributed by atoms with Gasteiger partial charge in [0, 0.05) is 35.3 Å². The van der Waals surface area contributed by atoms with E-state index < -0.39 is 27.5 Å². The molecule has 4 rings (SSSR count). The molecule has 0 saturated heterocycles. The van der Waals surface area contributed by atoms with Gasteiger partial charge in [0.25, 0.3) is 5.01 Å². The highest BCUT2D eigenvalue weighted by atomic mass is 32.2. The Balaban J connectivity index is 1.85. The second kappa shape index (κ2) is 8.62. The van der Waals surface area contributed by atoms with E-state index in [0.717, 1.165) is 38.5 Å². The minimum Gasteiger partial charge on any atom is -0.748 e. The number of fused-ring (bicyclic) bond motifs is 3. The SMILES string of the molecule is COc1cc2sc(/C=C/c3cc(F)ccc3F)[n+](CCCS(=O)(=O)[O-])c2c2sccc12. The van der Waals surface area contributed by atoms with Crippen LogP contribution in [-0.4, -0.2) is 25.8 Å². The summed E-state index contributed by atoms with van der Waals surface area (Å²) in [5.41, 5.74) is 0.989. The number of rotatable bonds is 7. The van der Waals surface area contributed by atoms with Crippen molar-refractivity contribution in [1.29, 1.82) is 0 Å². The van der Waals surface area contributed by atoms with E-state index in [9.17, 15) is 21.8 Å². The Hall–Kier alpha value is -2.40. The average Bonchev–Trinajstić information content (AvgIpc) is 3.31. The van der Waals surface area contributed by atoms with Crippen molar-refractivity contribution in [3.05, 3.63) is 57.9 Å². The number of nitrogens with zero attached hydrogens (tertiary/aromatic N) is 1. The minimum absolute atomic E-state index is 0.102. The summed E-state index contributed by atoms with van der Waals surface area (Å²) in [7, 11) is -2.75. The number of halogens is 2. The van der Waals surface area contributed by atoms with Crippen LogP contribution < -0.4 is 9.30 Å². The van der Waals surface area contributed by atoms with Gasteiger partial charge in [-0.15, -0.1) is 11.3 Å². The van der Waals surface area contributed by atoms with Gasteiger partial charge in [0.05, 0.1) is 17.2 Å². The molecular formula is C21H17F2NO4S3. The quantitative estimate of drug-likeness (QED) is 0.281. The molecule has 2 aromatic heterocycles. The molecule has 31 heavy (non-hydrogen) atoms. The maximum Gasteiger partial charge on any atom is 0.262 e. The summed E-state index contributed by atoms with van der Waals surface area (Å²) < 4.78 is 70.1. The lowest BCUT2D eigenvalue weighted by molar-refractivity contribution is -0.667.